The lowest BCUT2D eigenvalue weighted by Crippen LogP contribution is -2.26. The van der Waals surface area contributed by atoms with Crippen LogP contribution < -0.4 is 0 Å². The lowest BCUT2D eigenvalue weighted by molar-refractivity contribution is -0.141. The number of alkyl halides is 3. The number of aromatic hydroxyl groups is 2. The quantitative estimate of drug-likeness (QED) is 0.365. The van der Waals surface area contributed by atoms with Gasteiger partial charge in [0.15, 0.2) is 11.5 Å². The molecule has 0 spiro atoms. The lowest BCUT2D eigenvalue weighted by Gasteiger charge is -2.29. The molecule has 1 aromatic carbocycles. The Morgan fingerprint density at radius 3 is 2.41 bits per heavy atom. The fourth-order valence-corrected chi connectivity index (χ4v) is 3.83. The van der Waals surface area contributed by atoms with Gasteiger partial charge in [-0.1, -0.05) is 28.2 Å². The van der Waals surface area contributed by atoms with E-state index >= 15 is 0 Å². The summed E-state index contributed by atoms with van der Waals surface area (Å²) >= 11 is 12.7. The topological polar surface area (TPSA) is 56.6 Å². The number of phenols is 2. The second-order valence-electron chi connectivity index (χ2n) is 5.77. The van der Waals surface area contributed by atoms with E-state index < -0.39 is 23.4 Å². The van der Waals surface area contributed by atoms with Crippen LogP contribution in [0.15, 0.2) is 29.4 Å². The zero-order valence-corrected chi connectivity index (χ0v) is 16.0. The fraction of sp³-hybridized carbons (Fsp3) is 0.235. The number of phenolic OH excluding ortho intramolecular Hbond substituents is 2. The molecule has 0 saturated carbocycles. The normalized spacial score (nSPS) is 13.9. The van der Waals surface area contributed by atoms with Crippen molar-refractivity contribution in [2.24, 2.45) is 0 Å². The molecule has 1 aliphatic rings. The van der Waals surface area contributed by atoms with Crippen LogP contribution in [0.1, 0.15) is 16.8 Å². The maximum absolute atomic E-state index is 12.5. The number of hydrogen-bond acceptors (Lipinski definition) is 4. The van der Waals surface area contributed by atoms with E-state index in [1.54, 1.807) is 6.20 Å². The third kappa shape index (κ3) is 4.19. The monoisotopic (exact) mass is 436 g/mol. The molecule has 0 unspecified atom stereocenters. The zero-order chi connectivity index (χ0) is 19.8. The lowest BCUT2D eigenvalue weighted by atomic mass is 9.98. The number of halogens is 5. The van der Waals surface area contributed by atoms with E-state index in [1.807, 2.05) is 4.90 Å². The number of pyridine rings is 1. The van der Waals surface area contributed by atoms with Gasteiger partial charge in [0, 0.05) is 30.4 Å². The van der Waals surface area contributed by atoms with Gasteiger partial charge in [-0.3, -0.25) is 4.98 Å². The fourth-order valence-electron chi connectivity index (χ4n) is 2.64. The van der Waals surface area contributed by atoms with Crippen LogP contribution in [0.3, 0.4) is 0 Å². The molecular weight excluding hydrogens is 424 g/mol. The molecule has 0 atom stereocenters. The van der Waals surface area contributed by atoms with Crippen molar-refractivity contribution in [3.8, 4) is 11.5 Å². The summed E-state index contributed by atoms with van der Waals surface area (Å²) in [6, 6.07) is 2.28. The molecule has 0 fully saturated rings. The molecule has 0 aliphatic carbocycles. The smallest absolute Gasteiger partial charge is 0.433 e. The van der Waals surface area contributed by atoms with Crippen molar-refractivity contribution in [1.82, 2.24) is 9.88 Å². The highest BCUT2D eigenvalue weighted by molar-refractivity contribution is 7.97. The van der Waals surface area contributed by atoms with Gasteiger partial charge < -0.3 is 15.1 Å². The van der Waals surface area contributed by atoms with Gasteiger partial charge in [0.2, 0.25) is 0 Å². The molecule has 0 radical (unpaired) electrons. The number of thiol groups is 1. The number of nitrogens with zero attached hydrogens (tertiary/aromatic N) is 2. The second-order valence-corrected chi connectivity index (χ2v) is 7.53. The van der Waals surface area contributed by atoms with Gasteiger partial charge in [-0.15, -0.1) is 11.4 Å². The maximum Gasteiger partial charge on any atom is 0.433 e. The van der Waals surface area contributed by atoms with Crippen LogP contribution in [0.25, 0.3) is 0 Å². The Bertz CT molecular complexity index is 943. The highest BCUT2D eigenvalue weighted by atomic mass is 35.5. The van der Waals surface area contributed by atoms with Crippen molar-refractivity contribution >= 4 is 39.6 Å². The SMILES string of the molecule is Oc1c(O)c(Cl)c2c(c1Cl)CCN(C=C=[SH]c1ccc(C(F)(F)F)nc1)C2. The number of hydrogen-bond donors (Lipinski definition) is 3. The van der Waals surface area contributed by atoms with E-state index in [0.717, 1.165) is 12.3 Å². The molecule has 3 rings (SSSR count). The molecule has 1 aromatic heterocycles. The highest BCUT2D eigenvalue weighted by Crippen LogP contribution is 2.46. The Hall–Kier alpha value is -1.86. The molecule has 1 aliphatic heterocycles. The number of fused-ring (bicyclic) bond motifs is 1. The van der Waals surface area contributed by atoms with E-state index in [0.29, 0.717) is 46.9 Å². The van der Waals surface area contributed by atoms with Gasteiger partial charge in [0.1, 0.15) is 5.69 Å². The van der Waals surface area contributed by atoms with Crippen molar-refractivity contribution in [1.29, 1.82) is 0 Å². The van der Waals surface area contributed by atoms with Crippen LogP contribution in [-0.2, 0) is 19.1 Å². The summed E-state index contributed by atoms with van der Waals surface area (Å²) in [5, 5.41) is 22.7. The minimum Gasteiger partial charge on any atom is -0.503 e. The van der Waals surface area contributed by atoms with Crippen LogP contribution in [-0.4, -0.2) is 31.7 Å². The summed E-state index contributed by atoms with van der Waals surface area (Å²) in [4.78, 5) is 5.85. The van der Waals surface area contributed by atoms with Gasteiger partial charge in [0.05, 0.1) is 10.0 Å². The molecule has 2 N–H and O–H groups in total. The molecular formula is C17H13Cl2F3N2O2S. The maximum atomic E-state index is 12.5. The Kier molecular flexibility index (Phi) is 5.63. The Morgan fingerprint density at radius 2 is 1.81 bits per heavy atom. The molecule has 2 aromatic rings. The molecule has 4 nitrogen and oxygen atoms in total. The summed E-state index contributed by atoms with van der Waals surface area (Å²) < 4.78 is 37.5. The third-order valence-corrected chi connectivity index (χ3v) is 5.60. The predicted molar refractivity (Wildman–Crippen MR) is 100.0 cm³/mol. The average Bonchev–Trinajstić information content (AvgIpc) is 2.64. The molecule has 0 amide bonds. The first-order valence-electron chi connectivity index (χ1n) is 7.66. The van der Waals surface area contributed by atoms with E-state index in [9.17, 15) is 23.4 Å². The molecule has 10 heteroatoms. The first kappa shape index (κ1) is 19.9. The predicted octanol–water partition coefficient (Wildman–Crippen LogP) is 4.62. The second kappa shape index (κ2) is 7.64. The van der Waals surface area contributed by atoms with Crippen LogP contribution in [0.2, 0.25) is 10.0 Å². The van der Waals surface area contributed by atoms with Gasteiger partial charge in [-0.25, -0.2) is 0 Å². The number of rotatable bonds is 2. The molecule has 27 heavy (non-hydrogen) atoms. The third-order valence-electron chi connectivity index (χ3n) is 4.02. The van der Waals surface area contributed by atoms with Crippen LogP contribution in [0.5, 0.6) is 11.5 Å². The Morgan fingerprint density at radius 1 is 1.15 bits per heavy atom. The largest absolute Gasteiger partial charge is 0.503 e. The zero-order valence-electron chi connectivity index (χ0n) is 13.6. The van der Waals surface area contributed by atoms with Crippen molar-refractivity contribution in [3.63, 3.8) is 0 Å². The molecule has 144 valence electrons. The molecule has 2 heterocycles. The summed E-state index contributed by atoms with van der Waals surface area (Å²) in [7, 11) is 0. The summed E-state index contributed by atoms with van der Waals surface area (Å²) in [6.07, 6.45) is -1.11. The van der Waals surface area contributed by atoms with Crippen LogP contribution >= 0.6 is 34.6 Å². The highest BCUT2D eigenvalue weighted by Gasteiger charge is 2.32. The minimum atomic E-state index is -4.46. The first-order chi connectivity index (χ1) is 12.7. The standard InChI is InChI=1S/C17H13Cl2F3N2O2S/c18-13-10-3-4-24(8-11(10)14(19)16(26)15(13)25)5-6-27-9-1-2-12(23-7-9)17(20,21)22/h1-2,5,7,25-27H,3-4,8H2. The first-order valence-corrected chi connectivity index (χ1v) is 9.31. The number of benzene rings is 1. The van der Waals surface area contributed by atoms with Crippen LogP contribution in [0.4, 0.5) is 13.2 Å². The number of aromatic nitrogens is 1. The van der Waals surface area contributed by atoms with E-state index in [-0.39, 0.29) is 10.0 Å². The summed E-state index contributed by atoms with van der Waals surface area (Å²) in [6.45, 7) is 0.941. The van der Waals surface area contributed by atoms with Gasteiger partial charge in [0.25, 0.3) is 0 Å². The van der Waals surface area contributed by atoms with E-state index in [2.05, 4.69) is 10.0 Å². The van der Waals surface area contributed by atoms with E-state index in [4.69, 9.17) is 23.2 Å². The van der Waals surface area contributed by atoms with E-state index in [1.165, 1.54) is 6.07 Å². The van der Waals surface area contributed by atoms with Crippen molar-refractivity contribution in [2.75, 3.05) is 6.54 Å². The van der Waals surface area contributed by atoms with Gasteiger partial charge in [-0.2, -0.15) is 13.2 Å². The Balaban J connectivity index is 1.77. The van der Waals surface area contributed by atoms with Crippen molar-refractivity contribution in [3.05, 3.63) is 51.4 Å². The van der Waals surface area contributed by atoms with Gasteiger partial charge in [-0.05, 0) is 29.7 Å². The van der Waals surface area contributed by atoms with Crippen molar-refractivity contribution < 1.29 is 23.4 Å². The molecule has 0 saturated heterocycles. The minimum absolute atomic E-state index is 0.0505. The van der Waals surface area contributed by atoms with Crippen LogP contribution in [0, 0.1) is 0 Å². The Labute approximate surface area is 166 Å². The molecule has 0 bridgehead atoms. The average molecular weight is 437 g/mol. The van der Waals surface area contributed by atoms with Gasteiger partial charge >= 0.3 is 6.18 Å². The summed E-state index contributed by atoms with van der Waals surface area (Å²) in [5.41, 5.74) is 0.368. The van der Waals surface area contributed by atoms with Crippen molar-refractivity contribution in [2.45, 2.75) is 24.0 Å². The summed E-state index contributed by atoms with van der Waals surface area (Å²) in [5.74, 6) is -0.881.